The highest BCUT2D eigenvalue weighted by molar-refractivity contribution is 5.90. The first-order chi connectivity index (χ1) is 14.2. The second-order valence-corrected chi connectivity index (χ2v) is 7.32. The largest absolute Gasteiger partial charge is 0.461 e. The maximum atomic E-state index is 12.3. The van der Waals surface area contributed by atoms with Crippen molar-refractivity contribution in [3.8, 4) is 11.6 Å². The van der Waals surface area contributed by atoms with Crippen LogP contribution in [0.25, 0.3) is 11.6 Å². The molecular formula is C21H25N5O3. The van der Waals surface area contributed by atoms with Crippen LogP contribution < -0.4 is 5.32 Å². The van der Waals surface area contributed by atoms with E-state index in [4.69, 9.17) is 8.94 Å². The Kier molecular flexibility index (Phi) is 6.02. The van der Waals surface area contributed by atoms with E-state index in [1.54, 1.807) is 18.4 Å². The Labute approximate surface area is 169 Å². The number of carbonyl (C=O) groups is 1. The van der Waals surface area contributed by atoms with Gasteiger partial charge in [0.15, 0.2) is 5.76 Å². The van der Waals surface area contributed by atoms with Crippen LogP contribution in [-0.4, -0.2) is 59.1 Å². The molecular weight excluding hydrogens is 370 g/mol. The van der Waals surface area contributed by atoms with Gasteiger partial charge in [-0.1, -0.05) is 17.3 Å². The smallest absolute Gasteiger partial charge is 0.238 e. The minimum absolute atomic E-state index is 0.0838. The summed E-state index contributed by atoms with van der Waals surface area (Å²) >= 11 is 0. The Morgan fingerprint density at radius 3 is 2.83 bits per heavy atom. The number of furan rings is 1. The molecule has 1 N–H and O–H groups in total. The van der Waals surface area contributed by atoms with Crippen molar-refractivity contribution in [3.63, 3.8) is 0 Å². The molecule has 1 saturated heterocycles. The van der Waals surface area contributed by atoms with Crippen LogP contribution in [0, 0.1) is 0 Å². The van der Waals surface area contributed by atoms with Crippen LogP contribution in [-0.2, 0) is 17.8 Å². The third-order valence-corrected chi connectivity index (χ3v) is 4.99. The van der Waals surface area contributed by atoms with E-state index in [1.165, 1.54) is 5.56 Å². The summed E-state index contributed by atoms with van der Waals surface area (Å²) in [6.07, 6.45) is 2.19. The fourth-order valence-corrected chi connectivity index (χ4v) is 3.32. The number of nitrogens with zero attached hydrogens (tertiary/aromatic N) is 4. The lowest BCUT2D eigenvalue weighted by molar-refractivity contribution is -0.116. The Balaban J connectivity index is 1.27. The predicted octanol–water partition coefficient (Wildman–Crippen LogP) is 2.65. The summed E-state index contributed by atoms with van der Waals surface area (Å²) in [5.41, 5.74) is 2.01. The normalized spacial score (nSPS) is 15.5. The molecule has 0 unspecified atom stereocenters. The van der Waals surface area contributed by atoms with Gasteiger partial charge in [-0.3, -0.25) is 9.69 Å². The molecule has 0 radical (unpaired) electrons. The number of amides is 1. The van der Waals surface area contributed by atoms with Gasteiger partial charge in [0.2, 0.25) is 17.6 Å². The molecule has 0 spiro atoms. The third kappa shape index (κ3) is 5.30. The summed E-state index contributed by atoms with van der Waals surface area (Å²) in [6.45, 7) is 5.21. The van der Waals surface area contributed by atoms with Gasteiger partial charge in [-0.25, -0.2) is 0 Å². The number of hydrogen-bond acceptors (Lipinski definition) is 7. The average Bonchev–Trinajstić information content (AvgIpc) is 3.40. The van der Waals surface area contributed by atoms with Crippen molar-refractivity contribution in [2.75, 3.05) is 38.5 Å². The van der Waals surface area contributed by atoms with E-state index in [2.05, 4.69) is 38.4 Å². The van der Waals surface area contributed by atoms with Gasteiger partial charge in [-0.05, 0) is 36.9 Å². The van der Waals surface area contributed by atoms with Crippen LogP contribution in [0.4, 0.5) is 5.69 Å². The highest BCUT2D eigenvalue weighted by atomic mass is 16.5. The van der Waals surface area contributed by atoms with Gasteiger partial charge in [-0.15, -0.1) is 0 Å². The zero-order valence-corrected chi connectivity index (χ0v) is 16.5. The monoisotopic (exact) mass is 395 g/mol. The lowest BCUT2D eigenvalue weighted by Crippen LogP contribution is -2.43. The Morgan fingerprint density at radius 1 is 1.17 bits per heavy atom. The molecule has 0 atom stereocenters. The number of piperazine rings is 1. The van der Waals surface area contributed by atoms with Crippen LogP contribution in [0.1, 0.15) is 17.9 Å². The summed E-state index contributed by atoms with van der Waals surface area (Å²) in [7, 11) is 2.15. The molecule has 1 aliphatic heterocycles. The maximum Gasteiger partial charge on any atom is 0.238 e. The lowest BCUT2D eigenvalue weighted by atomic mass is 10.1. The van der Waals surface area contributed by atoms with Gasteiger partial charge in [0.1, 0.15) is 0 Å². The minimum atomic E-state index is -0.0838. The summed E-state index contributed by atoms with van der Waals surface area (Å²) in [5, 5.41) is 6.83. The summed E-state index contributed by atoms with van der Waals surface area (Å²) in [4.78, 5) is 21.4. The first kappa shape index (κ1) is 19.4. The second kappa shape index (κ2) is 9.02. The molecule has 3 aromatic rings. The standard InChI is InChI=1S/C21H25N5O3/c1-25-9-11-26(12-10-25)15-16-4-2-5-17(14-16)22-19(27)7-8-20-23-21(24-29-20)18-6-3-13-28-18/h2-6,13-14H,7-12,15H2,1H3,(H,22,27). The molecule has 8 nitrogen and oxygen atoms in total. The number of carbonyl (C=O) groups excluding carboxylic acids is 1. The Morgan fingerprint density at radius 2 is 2.03 bits per heavy atom. The molecule has 0 aliphatic carbocycles. The topological polar surface area (TPSA) is 87.6 Å². The van der Waals surface area contributed by atoms with E-state index in [1.807, 2.05) is 18.2 Å². The van der Waals surface area contributed by atoms with Crippen LogP contribution in [0.5, 0.6) is 0 Å². The summed E-state index contributed by atoms with van der Waals surface area (Å²) in [6, 6.07) is 11.6. The SMILES string of the molecule is CN1CCN(Cc2cccc(NC(=O)CCc3nc(-c4ccco4)no3)c2)CC1. The average molecular weight is 395 g/mol. The predicted molar refractivity (Wildman–Crippen MR) is 108 cm³/mol. The zero-order chi connectivity index (χ0) is 20.1. The first-order valence-corrected chi connectivity index (χ1v) is 9.82. The van der Waals surface area contributed by atoms with Gasteiger partial charge >= 0.3 is 0 Å². The molecule has 152 valence electrons. The summed E-state index contributed by atoms with van der Waals surface area (Å²) in [5.74, 6) is 1.26. The second-order valence-electron chi connectivity index (χ2n) is 7.32. The van der Waals surface area contributed by atoms with Crippen LogP contribution >= 0.6 is 0 Å². The van der Waals surface area contributed by atoms with E-state index in [0.717, 1.165) is 38.4 Å². The van der Waals surface area contributed by atoms with E-state index < -0.39 is 0 Å². The van der Waals surface area contributed by atoms with Crippen molar-refractivity contribution in [2.45, 2.75) is 19.4 Å². The third-order valence-electron chi connectivity index (χ3n) is 4.99. The van der Waals surface area contributed by atoms with E-state index in [0.29, 0.717) is 23.9 Å². The summed E-state index contributed by atoms with van der Waals surface area (Å²) < 4.78 is 10.4. The molecule has 0 bridgehead atoms. The van der Waals surface area contributed by atoms with Crippen molar-refractivity contribution in [1.29, 1.82) is 0 Å². The maximum absolute atomic E-state index is 12.3. The highest BCUT2D eigenvalue weighted by Crippen LogP contribution is 2.17. The molecule has 1 aromatic carbocycles. The number of aromatic nitrogens is 2. The van der Waals surface area contributed by atoms with Crippen molar-refractivity contribution in [1.82, 2.24) is 19.9 Å². The first-order valence-electron chi connectivity index (χ1n) is 9.82. The van der Waals surface area contributed by atoms with Crippen LogP contribution in [0.3, 0.4) is 0 Å². The molecule has 2 aromatic heterocycles. The number of rotatable bonds is 7. The number of benzene rings is 1. The molecule has 1 aliphatic rings. The zero-order valence-electron chi connectivity index (χ0n) is 16.5. The van der Waals surface area contributed by atoms with Crippen molar-refractivity contribution < 1.29 is 13.7 Å². The number of nitrogens with one attached hydrogen (secondary N) is 1. The molecule has 4 rings (SSSR count). The van der Waals surface area contributed by atoms with E-state index in [-0.39, 0.29) is 12.3 Å². The molecule has 29 heavy (non-hydrogen) atoms. The molecule has 1 amide bonds. The fraction of sp³-hybridized carbons (Fsp3) is 0.381. The quantitative estimate of drug-likeness (QED) is 0.658. The number of aryl methyl sites for hydroxylation is 1. The van der Waals surface area contributed by atoms with Gasteiger partial charge in [0.25, 0.3) is 0 Å². The van der Waals surface area contributed by atoms with Gasteiger partial charge in [0, 0.05) is 51.3 Å². The Bertz CT molecular complexity index is 929. The molecule has 8 heteroatoms. The molecule has 0 saturated carbocycles. The fourth-order valence-electron chi connectivity index (χ4n) is 3.32. The van der Waals surface area contributed by atoms with Crippen molar-refractivity contribution in [3.05, 3.63) is 54.1 Å². The van der Waals surface area contributed by atoms with Crippen LogP contribution in [0.2, 0.25) is 0 Å². The lowest BCUT2D eigenvalue weighted by Gasteiger charge is -2.32. The number of likely N-dealkylation sites (N-methyl/N-ethyl adjacent to an activating group) is 1. The van der Waals surface area contributed by atoms with Gasteiger partial charge in [0.05, 0.1) is 6.26 Å². The minimum Gasteiger partial charge on any atom is -0.461 e. The van der Waals surface area contributed by atoms with Crippen molar-refractivity contribution in [2.24, 2.45) is 0 Å². The van der Waals surface area contributed by atoms with Gasteiger partial charge < -0.3 is 19.2 Å². The van der Waals surface area contributed by atoms with Crippen molar-refractivity contribution >= 4 is 11.6 Å². The highest BCUT2D eigenvalue weighted by Gasteiger charge is 2.15. The van der Waals surface area contributed by atoms with E-state index in [9.17, 15) is 4.79 Å². The van der Waals surface area contributed by atoms with E-state index >= 15 is 0 Å². The van der Waals surface area contributed by atoms with Crippen LogP contribution in [0.15, 0.2) is 51.6 Å². The molecule has 1 fully saturated rings. The number of anilines is 1. The van der Waals surface area contributed by atoms with Gasteiger partial charge in [-0.2, -0.15) is 4.98 Å². The Hall–Kier alpha value is -2.97. The molecule has 3 heterocycles. The number of hydrogen-bond donors (Lipinski definition) is 1.